The SMILES string of the molecule is Cc1cc(N=C(NO)c2nonc2NCC2(O)CCN(S(N)(=O)=O)C2)ccc1F. The highest BCUT2D eigenvalue weighted by atomic mass is 32.2. The van der Waals surface area contributed by atoms with Crippen LogP contribution in [-0.2, 0) is 10.2 Å². The third-order valence-electron chi connectivity index (χ3n) is 4.44. The van der Waals surface area contributed by atoms with E-state index < -0.39 is 21.6 Å². The van der Waals surface area contributed by atoms with Gasteiger partial charge in [0, 0.05) is 19.6 Å². The fourth-order valence-corrected chi connectivity index (χ4v) is 3.61. The van der Waals surface area contributed by atoms with Crippen molar-refractivity contribution in [2.75, 3.05) is 25.0 Å². The first kappa shape index (κ1) is 21.1. The molecular formula is C15H20FN7O5S. The van der Waals surface area contributed by atoms with Crippen LogP contribution in [0, 0.1) is 12.7 Å². The zero-order valence-corrected chi connectivity index (χ0v) is 16.1. The molecule has 0 radical (unpaired) electrons. The van der Waals surface area contributed by atoms with E-state index in [1.807, 2.05) is 5.48 Å². The van der Waals surface area contributed by atoms with Crippen molar-refractivity contribution in [1.82, 2.24) is 20.1 Å². The Balaban J connectivity index is 1.76. The van der Waals surface area contributed by atoms with E-state index in [0.717, 1.165) is 4.31 Å². The number of anilines is 1. The van der Waals surface area contributed by atoms with Crippen molar-refractivity contribution in [1.29, 1.82) is 0 Å². The highest BCUT2D eigenvalue weighted by Crippen LogP contribution is 2.24. The van der Waals surface area contributed by atoms with E-state index in [9.17, 15) is 23.1 Å². The molecule has 2 heterocycles. The molecule has 1 unspecified atom stereocenters. The molecule has 1 aliphatic rings. The van der Waals surface area contributed by atoms with Gasteiger partial charge < -0.3 is 10.4 Å². The molecule has 29 heavy (non-hydrogen) atoms. The number of rotatable bonds is 6. The predicted molar refractivity (Wildman–Crippen MR) is 99.3 cm³/mol. The number of amidine groups is 1. The van der Waals surface area contributed by atoms with Crippen LogP contribution in [0.4, 0.5) is 15.9 Å². The van der Waals surface area contributed by atoms with E-state index in [4.69, 9.17) is 5.14 Å². The number of aryl methyl sites for hydroxylation is 1. The summed E-state index contributed by atoms with van der Waals surface area (Å²) in [6, 6.07) is 4.11. The number of aromatic nitrogens is 2. The Kier molecular flexibility index (Phi) is 5.81. The Morgan fingerprint density at radius 2 is 2.24 bits per heavy atom. The highest BCUT2D eigenvalue weighted by Gasteiger charge is 2.40. The number of halogens is 1. The molecule has 0 spiro atoms. The van der Waals surface area contributed by atoms with E-state index in [-0.39, 0.29) is 43.4 Å². The van der Waals surface area contributed by atoms with Gasteiger partial charge in [-0.1, -0.05) is 0 Å². The molecule has 14 heteroatoms. The summed E-state index contributed by atoms with van der Waals surface area (Å²) < 4.78 is 41.9. The van der Waals surface area contributed by atoms with E-state index in [1.165, 1.54) is 18.2 Å². The van der Waals surface area contributed by atoms with Gasteiger partial charge in [0.25, 0.3) is 10.2 Å². The van der Waals surface area contributed by atoms with Gasteiger partial charge in [0.2, 0.25) is 5.82 Å². The lowest BCUT2D eigenvalue weighted by molar-refractivity contribution is 0.0694. The summed E-state index contributed by atoms with van der Waals surface area (Å²) in [6.07, 6.45) is 0.158. The van der Waals surface area contributed by atoms with Crippen molar-refractivity contribution in [2.45, 2.75) is 18.9 Å². The number of β-amino-alcohol motifs (C(OH)–C–C–N with tert-alkyl or cyclic N) is 1. The lowest BCUT2D eigenvalue weighted by Gasteiger charge is -2.22. The van der Waals surface area contributed by atoms with Gasteiger partial charge >= 0.3 is 0 Å². The maximum atomic E-state index is 13.4. The van der Waals surface area contributed by atoms with Gasteiger partial charge in [0.1, 0.15) is 5.82 Å². The van der Waals surface area contributed by atoms with Gasteiger partial charge in [-0.25, -0.2) is 19.2 Å². The summed E-state index contributed by atoms with van der Waals surface area (Å²) >= 11 is 0. The first-order chi connectivity index (χ1) is 13.6. The first-order valence-electron chi connectivity index (χ1n) is 8.43. The van der Waals surface area contributed by atoms with Crippen LogP contribution in [0.3, 0.4) is 0 Å². The second-order valence-corrected chi connectivity index (χ2v) is 8.22. The second-order valence-electron chi connectivity index (χ2n) is 6.67. The quantitative estimate of drug-likeness (QED) is 0.232. The second kappa shape index (κ2) is 8.00. The average Bonchev–Trinajstić information content (AvgIpc) is 3.28. The zero-order chi connectivity index (χ0) is 21.2. The maximum absolute atomic E-state index is 13.4. The number of hydroxylamine groups is 1. The first-order valence-corrected chi connectivity index (χ1v) is 9.94. The van der Waals surface area contributed by atoms with Gasteiger partial charge in [-0.05, 0) is 47.4 Å². The summed E-state index contributed by atoms with van der Waals surface area (Å²) in [5.74, 6) is -0.484. The number of benzene rings is 1. The molecule has 6 N–H and O–H groups in total. The molecule has 0 amide bonds. The molecule has 0 bridgehead atoms. The number of aliphatic imine (C=N–C) groups is 1. The molecule has 1 fully saturated rings. The van der Waals surface area contributed by atoms with Crippen molar-refractivity contribution in [2.24, 2.45) is 10.1 Å². The van der Waals surface area contributed by atoms with Crippen molar-refractivity contribution < 1.29 is 27.8 Å². The maximum Gasteiger partial charge on any atom is 0.277 e. The minimum Gasteiger partial charge on any atom is -0.387 e. The Bertz CT molecular complexity index is 1030. The van der Waals surface area contributed by atoms with Gasteiger partial charge in [0.05, 0.1) is 11.3 Å². The Morgan fingerprint density at radius 3 is 2.86 bits per heavy atom. The lowest BCUT2D eigenvalue weighted by Crippen LogP contribution is -2.43. The Hall–Kier alpha value is -2.65. The monoisotopic (exact) mass is 429 g/mol. The number of aliphatic hydroxyl groups is 1. The van der Waals surface area contributed by atoms with Crippen LogP contribution in [0.25, 0.3) is 0 Å². The molecule has 158 valence electrons. The van der Waals surface area contributed by atoms with Gasteiger partial charge in [-0.3, -0.25) is 10.7 Å². The Labute approximate surface area is 165 Å². The topological polar surface area (TPSA) is 179 Å². The number of nitrogens with two attached hydrogens (primary N) is 1. The molecule has 0 saturated carbocycles. The number of nitrogens with one attached hydrogen (secondary N) is 2. The largest absolute Gasteiger partial charge is 0.387 e. The fourth-order valence-electron chi connectivity index (χ4n) is 2.85. The minimum atomic E-state index is -3.90. The number of hydrogen-bond acceptors (Lipinski definition) is 9. The van der Waals surface area contributed by atoms with Crippen molar-refractivity contribution in [3.8, 4) is 0 Å². The molecule has 12 nitrogen and oxygen atoms in total. The zero-order valence-electron chi connectivity index (χ0n) is 15.3. The van der Waals surface area contributed by atoms with Crippen LogP contribution < -0.4 is 15.9 Å². The third-order valence-corrected chi connectivity index (χ3v) is 5.47. The van der Waals surface area contributed by atoms with E-state index in [1.54, 1.807) is 6.92 Å². The Morgan fingerprint density at radius 1 is 1.48 bits per heavy atom. The smallest absolute Gasteiger partial charge is 0.277 e. The lowest BCUT2D eigenvalue weighted by atomic mass is 10.0. The summed E-state index contributed by atoms with van der Waals surface area (Å²) in [6.45, 7) is 1.37. The molecule has 0 aliphatic carbocycles. The van der Waals surface area contributed by atoms with E-state index >= 15 is 0 Å². The summed E-state index contributed by atoms with van der Waals surface area (Å²) in [4.78, 5) is 4.14. The third kappa shape index (κ3) is 4.86. The molecule has 3 rings (SSSR count). The molecule has 2 aromatic rings. The van der Waals surface area contributed by atoms with Crippen molar-refractivity contribution in [3.63, 3.8) is 0 Å². The van der Waals surface area contributed by atoms with Crippen molar-refractivity contribution in [3.05, 3.63) is 35.3 Å². The molecule has 1 aromatic heterocycles. The predicted octanol–water partition coefficient (Wildman–Crippen LogP) is -0.374. The van der Waals surface area contributed by atoms with Crippen LogP contribution in [-0.4, -0.2) is 64.4 Å². The minimum absolute atomic E-state index is 0.000576. The fraction of sp³-hybridized carbons (Fsp3) is 0.400. The van der Waals surface area contributed by atoms with E-state index in [0.29, 0.717) is 11.3 Å². The highest BCUT2D eigenvalue weighted by molar-refractivity contribution is 7.86. The van der Waals surface area contributed by atoms with Crippen LogP contribution in [0.1, 0.15) is 17.7 Å². The van der Waals surface area contributed by atoms with E-state index in [2.05, 4.69) is 25.3 Å². The summed E-state index contributed by atoms with van der Waals surface area (Å²) in [5.41, 5.74) is 1.19. The van der Waals surface area contributed by atoms with Crippen LogP contribution in [0.2, 0.25) is 0 Å². The standard InChI is InChI=1S/C15H20FN7O5S/c1-9-6-10(2-3-11(9)16)19-14(20-25)12-13(22-28-21-12)18-7-15(24)4-5-23(8-15)29(17,26)27/h2-3,6,24-25H,4-5,7-8H2,1H3,(H,18,22)(H,19,20)(H2,17,26,27). The van der Waals surface area contributed by atoms with Crippen molar-refractivity contribution >= 4 is 27.6 Å². The van der Waals surface area contributed by atoms with Gasteiger partial charge in [0.15, 0.2) is 11.5 Å². The van der Waals surface area contributed by atoms with Gasteiger partial charge in [-0.15, -0.1) is 0 Å². The normalized spacial score (nSPS) is 20.8. The summed E-state index contributed by atoms with van der Waals surface area (Å²) in [7, 11) is -3.90. The summed E-state index contributed by atoms with van der Waals surface area (Å²) in [5, 5.41) is 35.2. The number of hydrogen-bond donors (Lipinski definition) is 5. The molecule has 1 aromatic carbocycles. The average molecular weight is 429 g/mol. The number of nitrogens with zero attached hydrogens (tertiary/aromatic N) is 4. The molecular weight excluding hydrogens is 409 g/mol. The van der Waals surface area contributed by atoms with Crippen LogP contribution >= 0.6 is 0 Å². The van der Waals surface area contributed by atoms with Crippen LogP contribution in [0.5, 0.6) is 0 Å². The molecule has 1 aliphatic heterocycles. The van der Waals surface area contributed by atoms with Crippen LogP contribution in [0.15, 0.2) is 27.8 Å². The molecule has 1 saturated heterocycles. The molecule has 1 atom stereocenters. The van der Waals surface area contributed by atoms with Gasteiger partial charge in [-0.2, -0.15) is 12.7 Å².